The van der Waals surface area contributed by atoms with Crippen LogP contribution in [0, 0.1) is 0 Å². The number of furan rings is 1. The monoisotopic (exact) mass is 358 g/mol. The van der Waals surface area contributed by atoms with Crippen LogP contribution >= 0.6 is 15.9 Å². The number of likely N-dealkylation sites (tertiary alicyclic amines) is 1. The summed E-state index contributed by atoms with van der Waals surface area (Å²) in [5.41, 5.74) is 0. The molecule has 1 aromatic heterocycles. The average molecular weight is 359 g/mol. The van der Waals surface area contributed by atoms with Gasteiger partial charge in [0.15, 0.2) is 10.4 Å². The van der Waals surface area contributed by atoms with Crippen molar-refractivity contribution in [3.05, 3.63) is 22.6 Å². The van der Waals surface area contributed by atoms with E-state index in [1.807, 2.05) is 0 Å². The number of hydrogen-bond donors (Lipinski definition) is 1. The van der Waals surface area contributed by atoms with Crippen LogP contribution in [-0.4, -0.2) is 58.9 Å². The van der Waals surface area contributed by atoms with Gasteiger partial charge in [-0.3, -0.25) is 9.59 Å². The van der Waals surface area contributed by atoms with Crippen LogP contribution in [0.15, 0.2) is 21.2 Å². The van der Waals surface area contributed by atoms with Crippen LogP contribution in [0.1, 0.15) is 23.4 Å². The van der Waals surface area contributed by atoms with Crippen molar-refractivity contribution < 1.29 is 23.9 Å². The summed E-state index contributed by atoms with van der Waals surface area (Å²) in [6.07, 6.45) is 1.11. The van der Waals surface area contributed by atoms with Gasteiger partial charge < -0.3 is 19.3 Å². The Hall–Kier alpha value is -1.83. The van der Waals surface area contributed by atoms with Crippen molar-refractivity contribution in [2.24, 2.45) is 0 Å². The van der Waals surface area contributed by atoms with Gasteiger partial charge in [-0.2, -0.15) is 0 Å². The Morgan fingerprint density at radius 2 is 2.19 bits per heavy atom. The fourth-order valence-electron chi connectivity index (χ4n) is 2.30. The molecule has 8 heteroatoms. The second-order valence-corrected chi connectivity index (χ2v) is 5.63. The summed E-state index contributed by atoms with van der Waals surface area (Å²) >= 11 is 3.10. The highest BCUT2D eigenvalue weighted by molar-refractivity contribution is 9.10. The Labute approximate surface area is 129 Å². The first-order valence-electron chi connectivity index (χ1n) is 6.43. The molecule has 2 heterocycles. The largest absolute Gasteiger partial charge is 0.480 e. The first-order valence-corrected chi connectivity index (χ1v) is 7.22. The molecule has 0 unspecified atom stereocenters. The molecule has 1 N–H and O–H groups in total. The fourth-order valence-corrected chi connectivity index (χ4v) is 2.61. The lowest BCUT2D eigenvalue weighted by Gasteiger charge is -2.24. The molecule has 1 aromatic rings. The van der Waals surface area contributed by atoms with Crippen LogP contribution in [-0.2, 0) is 9.59 Å². The highest BCUT2D eigenvalue weighted by Crippen LogP contribution is 2.19. The molecule has 2 rings (SSSR count). The van der Waals surface area contributed by atoms with Crippen LogP contribution in [0.2, 0.25) is 0 Å². The van der Waals surface area contributed by atoms with Gasteiger partial charge in [-0.15, -0.1) is 0 Å². The van der Waals surface area contributed by atoms with Gasteiger partial charge in [0.1, 0.15) is 6.04 Å². The third-order valence-electron chi connectivity index (χ3n) is 3.36. The average Bonchev–Trinajstić information content (AvgIpc) is 3.05. The van der Waals surface area contributed by atoms with Crippen molar-refractivity contribution in [1.82, 2.24) is 9.80 Å². The molecule has 7 nitrogen and oxygen atoms in total. The van der Waals surface area contributed by atoms with E-state index in [0.29, 0.717) is 24.1 Å². The molecular formula is C13H15BrN2O5. The van der Waals surface area contributed by atoms with E-state index >= 15 is 0 Å². The number of rotatable bonds is 4. The van der Waals surface area contributed by atoms with Crippen LogP contribution in [0.4, 0.5) is 0 Å². The maximum atomic E-state index is 12.1. The number of carboxylic acid groups (broad SMARTS) is 1. The highest BCUT2D eigenvalue weighted by Gasteiger charge is 2.34. The summed E-state index contributed by atoms with van der Waals surface area (Å²) < 4.78 is 5.57. The maximum Gasteiger partial charge on any atom is 0.326 e. The number of nitrogens with zero attached hydrogens (tertiary/aromatic N) is 2. The van der Waals surface area contributed by atoms with Crippen molar-refractivity contribution in [3.8, 4) is 0 Å². The zero-order valence-corrected chi connectivity index (χ0v) is 13.0. The first kappa shape index (κ1) is 15.6. The minimum absolute atomic E-state index is 0.119. The zero-order valence-electron chi connectivity index (χ0n) is 11.4. The predicted octanol–water partition coefficient (Wildman–Crippen LogP) is 1.19. The summed E-state index contributed by atoms with van der Waals surface area (Å²) in [6, 6.07) is 2.30. The molecule has 1 saturated heterocycles. The van der Waals surface area contributed by atoms with Gasteiger partial charge in [-0.05, 0) is 40.9 Å². The van der Waals surface area contributed by atoms with Crippen molar-refractivity contribution in [2.45, 2.75) is 18.9 Å². The second-order valence-electron chi connectivity index (χ2n) is 4.85. The molecular weight excluding hydrogens is 344 g/mol. The highest BCUT2D eigenvalue weighted by atomic mass is 79.9. The Balaban J connectivity index is 1.99. The van der Waals surface area contributed by atoms with E-state index in [1.54, 1.807) is 6.07 Å². The Bertz CT molecular complexity index is 571. The minimum Gasteiger partial charge on any atom is -0.480 e. The summed E-state index contributed by atoms with van der Waals surface area (Å²) in [6.45, 7) is 0.227. The van der Waals surface area contributed by atoms with Gasteiger partial charge in [-0.1, -0.05) is 0 Å². The van der Waals surface area contributed by atoms with E-state index < -0.39 is 17.9 Å². The van der Waals surface area contributed by atoms with Gasteiger partial charge in [0.2, 0.25) is 5.91 Å². The quantitative estimate of drug-likeness (QED) is 0.872. The molecule has 2 amide bonds. The van der Waals surface area contributed by atoms with E-state index in [4.69, 9.17) is 9.52 Å². The summed E-state index contributed by atoms with van der Waals surface area (Å²) in [4.78, 5) is 37.8. The molecule has 21 heavy (non-hydrogen) atoms. The van der Waals surface area contributed by atoms with Gasteiger partial charge in [0.25, 0.3) is 5.91 Å². The van der Waals surface area contributed by atoms with E-state index in [-0.39, 0.29) is 18.2 Å². The number of carbonyl (C=O) groups excluding carboxylic acids is 2. The molecule has 1 aliphatic rings. The van der Waals surface area contributed by atoms with E-state index in [1.165, 1.54) is 22.9 Å². The van der Waals surface area contributed by atoms with Gasteiger partial charge >= 0.3 is 5.97 Å². The Morgan fingerprint density at radius 3 is 2.76 bits per heavy atom. The lowest BCUT2D eigenvalue weighted by molar-refractivity contribution is -0.148. The number of carbonyl (C=O) groups is 3. The van der Waals surface area contributed by atoms with Crippen LogP contribution in [0.25, 0.3) is 0 Å². The number of carboxylic acids is 1. The normalized spacial score (nSPS) is 17.8. The van der Waals surface area contributed by atoms with E-state index in [9.17, 15) is 14.4 Å². The molecule has 0 bridgehead atoms. The summed E-state index contributed by atoms with van der Waals surface area (Å²) in [7, 11) is 1.47. The molecule has 0 aliphatic carbocycles. The third-order valence-corrected chi connectivity index (χ3v) is 3.79. The fraction of sp³-hybridized carbons (Fsp3) is 0.462. The molecule has 0 aromatic carbocycles. The summed E-state index contributed by atoms with van der Waals surface area (Å²) in [5.74, 6) is -1.69. The van der Waals surface area contributed by atoms with Crippen LogP contribution in [0.5, 0.6) is 0 Å². The number of likely N-dealkylation sites (N-methyl/N-ethyl adjacent to an activating group) is 1. The molecule has 1 fully saturated rings. The van der Waals surface area contributed by atoms with Gasteiger partial charge in [0.05, 0.1) is 6.54 Å². The van der Waals surface area contributed by atoms with Crippen molar-refractivity contribution in [3.63, 3.8) is 0 Å². The zero-order chi connectivity index (χ0) is 15.6. The number of aliphatic carboxylic acids is 1. The Morgan fingerprint density at radius 1 is 1.48 bits per heavy atom. The van der Waals surface area contributed by atoms with E-state index in [2.05, 4.69) is 15.9 Å². The molecule has 0 radical (unpaired) electrons. The minimum atomic E-state index is -1.01. The Kier molecular flexibility index (Phi) is 4.66. The standard InChI is InChI=1S/C13H15BrN2O5/c1-15(12(18)9-4-5-10(14)21-9)7-11(17)16-6-2-3-8(16)13(19)20/h4-5,8H,2-3,6-7H2,1H3,(H,19,20)/t8-/m0/s1. The van der Waals surface area contributed by atoms with E-state index in [0.717, 1.165) is 0 Å². The number of halogens is 1. The number of amides is 2. The predicted molar refractivity (Wildman–Crippen MR) is 75.7 cm³/mol. The number of hydrogen-bond acceptors (Lipinski definition) is 4. The lowest BCUT2D eigenvalue weighted by Crippen LogP contribution is -2.45. The smallest absolute Gasteiger partial charge is 0.326 e. The molecule has 0 spiro atoms. The van der Waals surface area contributed by atoms with Crippen LogP contribution in [0.3, 0.4) is 0 Å². The first-order chi connectivity index (χ1) is 9.90. The maximum absolute atomic E-state index is 12.1. The molecule has 114 valence electrons. The second kappa shape index (κ2) is 6.30. The molecule has 0 saturated carbocycles. The molecule has 1 aliphatic heterocycles. The lowest BCUT2D eigenvalue weighted by atomic mass is 10.2. The van der Waals surface area contributed by atoms with Gasteiger partial charge in [-0.25, -0.2) is 4.79 Å². The topological polar surface area (TPSA) is 91.1 Å². The van der Waals surface area contributed by atoms with Crippen molar-refractivity contribution >= 4 is 33.7 Å². The molecule has 1 atom stereocenters. The van der Waals surface area contributed by atoms with Gasteiger partial charge in [0, 0.05) is 13.6 Å². The van der Waals surface area contributed by atoms with Crippen molar-refractivity contribution in [1.29, 1.82) is 0 Å². The van der Waals surface area contributed by atoms with Crippen LogP contribution < -0.4 is 0 Å². The summed E-state index contributed by atoms with van der Waals surface area (Å²) in [5, 5.41) is 9.06. The third kappa shape index (κ3) is 3.44. The van der Waals surface area contributed by atoms with Crippen molar-refractivity contribution in [2.75, 3.05) is 20.1 Å². The SMILES string of the molecule is CN(CC(=O)N1CCC[C@H]1C(=O)O)C(=O)c1ccc(Br)o1.